The molecule has 2 unspecified atom stereocenters. The Morgan fingerprint density at radius 3 is 2.65 bits per heavy atom. The third kappa shape index (κ3) is 6.31. The maximum atomic E-state index is 11.7. The highest BCUT2D eigenvalue weighted by Crippen LogP contribution is 2.20. The zero-order valence-electron chi connectivity index (χ0n) is 13.8. The molecule has 2 atom stereocenters. The van der Waals surface area contributed by atoms with Gasteiger partial charge in [-0.05, 0) is 31.4 Å². The maximum Gasteiger partial charge on any atom is 0.407 e. The predicted molar refractivity (Wildman–Crippen MR) is 92.7 cm³/mol. The maximum absolute atomic E-state index is 11.7. The second-order valence-corrected chi connectivity index (χ2v) is 7.93. The fraction of sp³-hybridized carbons (Fsp3) is 0.588. The summed E-state index contributed by atoms with van der Waals surface area (Å²) in [6.45, 7) is 3.18. The van der Waals surface area contributed by atoms with Gasteiger partial charge in [-0.2, -0.15) is 0 Å². The molecule has 0 saturated heterocycles. The minimum atomic E-state index is -0.756. The van der Waals surface area contributed by atoms with Gasteiger partial charge in [0, 0.05) is 34.4 Å². The number of nitrogens with one attached hydrogen (secondary N) is 2. The van der Waals surface area contributed by atoms with Crippen molar-refractivity contribution in [3.8, 4) is 0 Å². The molecule has 0 spiro atoms. The highest BCUT2D eigenvalue weighted by molar-refractivity contribution is 7.84. The van der Waals surface area contributed by atoms with Crippen molar-refractivity contribution in [2.45, 2.75) is 50.1 Å². The summed E-state index contributed by atoms with van der Waals surface area (Å²) >= 11 is 0. The van der Waals surface area contributed by atoms with Crippen LogP contribution in [0.5, 0.6) is 0 Å². The average Bonchev–Trinajstić information content (AvgIpc) is 2.51. The van der Waals surface area contributed by atoms with E-state index in [1.807, 2.05) is 37.3 Å². The molecular weight excluding hydrogens is 312 g/mol. The van der Waals surface area contributed by atoms with Crippen molar-refractivity contribution in [2.24, 2.45) is 0 Å². The number of hydrogen-bond acceptors (Lipinski definition) is 4. The number of amides is 1. The first kappa shape index (κ1) is 17.9. The Balaban J connectivity index is 1.53. The van der Waals surface area contributed by atoms with E-state index >= 15 is 0 Å². The summed E-state index contributed by atoms with van der Waals surface area (Å²) in [7, 11) is -0.756. The molecule has 23 heavy (non-hydrogen) atoms. The summed E-state index contributed by atoms with van der Waals surface area (Å²) in [5, 5.41) is 6.55. The van der Waals surface area contributed by atoms with Crippen molar-refractivity contribution in [2.75, 3.05) is 12.8 Å². The van der Waals surface area contributed by atoms with Crippen LogP contribution in [0.15, 0.2) is 30.3 Å². The van der Waals surface area contributed by atoms with Crippen LogP contribution in [0.2, 0.25) is 0 Å². The molecule has 1 aliphatic carbocycles. The zero-order valence-corrected chi connectivity index (χ0v) is 14.6. The molecule has 128 valence electrons. The molecule has 1 aromatic rings. The summed E-state index contributed by atoms with van der Waals surface area (Å²) in [4.78, 5) is 11.7. The number of alkyl carbamates (subject to hydrolysis) is 1. The van der Waals surface area contributed by atoms with Crippen LogP contribution >= 0.6 is 0 Å². The Kier molecular flexibility index (Phi) is 7.05. The van der Waals surface area contributed by atoms with Gasteiger partial charge in [-0.1, -0.05) is 37.3 Å². The van der Waals surface area contributed by atoms with E-state index in [4.69, 9.17) is 4.74 Å². The Morgan fingerprint density at radius 1 is 1.30 bits per heavy atom. The summed E-state index contributed by atoms with van der Waals surface area (Å²) in [5.41, 5.74) is 0.984. The molecule has 1 aromatic carbocycles. The van der Waals surface area contributed by atoms with Crippen molar-refractivity contribution in [1.82, 2.24) is 10.6 Å². The van der Waals surface area contributed by atoms with E-state index < -0.39 is 10.8 Å². The van der Waals surface area contributed by atoms with Crippen molar-refractivity contribution >= 4 is 16.9 Å². The minimum Gasteiger partial charge on any atom is -0.445 e. The number of carbonyl (C=O) groups excluding carboxylic acids is 1. The zero-order chi connectivity index (χ0) is 16.7. The first-order chi connectivity index (χ1) is 11.0. The van der Waals surface area contributed by atoms with Crippen LogP contribution in [0.4, 0.5) is 4.79 Å². The lowest BCUT2D eigenvalue weighted by Crippen LogP contribution is -2.52. The van der Waals surface area contributed by atoms with E-state index in [0.717, 1.165) is 31.4 Å². The quantitative estimate of drug-likeness (QED) is 0.762. The lowest BCUT2D eigenvalue weighted by Gasteiger charge is -2.36. The molecule has 5 nitrogen and oxygen atoms in total. The van der Waals surface area contributed by atoms with E-state index in [1.165, 1.54) is 0 Å². The fourth-order valence-electron chi connectivity index (χ4n) is 2.49. The van der Waals surface area contributed by atoms with E-state index in [0.29, 0.717) is 12.6 Å². The van der Waals surface area contributed by atoms with E-state index in [2.05, 4.69) is 10.6 Å². The van der Waals surface area contributed by atoms with Gasteiger partial charge in [-0.3, -0.25) is 4.21 Å². The van der Waals surface area contributed by atoms with Gasteiger partial charge in [-0.15, -0.1) is 0 Å². The third-order valence-electron chi connectivity index (χ3n) is 4.22. The standard InChI is InChI=1S/C17H26N2O3S/c1-13(23(2)21)8-9-18-15-10-16(11-15)19-17(20)22-12-14-6-4-3-5-7-14/h3-7,13,15-16,18H,8-12H2,1-2H3,(H,19,20). The van der Waals surface area contributed by atoms with Crippen LogP contribution in [0.3, 0.4) is 0 Å². The van der Waals surface area contributed by atoms with Crippen LogP contribution in [-0.2, 0) is 22.1 Å². The molecule has 1 aliphatic rings. The summed E-state index contributed by atoms with van der Waals surface area (Å²) in [6, 6.07) is 10.3. The number of ether oxygens (including phenoxy) is 1. The second kappa shape index (κ2) is 9.03. The summed E-state index contributed by atoms with van der Waals surface area (Å²) < 4.78 is 16.5. The highest BCUT2D eigenvalue weighted by Gasteiger charge is 2.30. The van der Waals surface area contributed by atoms with Gasteiger partial charge in [0.1, 0.15) is 6.61 Å². The predicted octanol–water partition coefficient (Wildman–Crippen LogP) is 2.19. The summed E-state index contributed by atoms with van der Waals surface area (Å²) in [5.74, 6) is 0. The number of carbonyl (C=O) groups is 1. The molecule has 0 heterocycles. The molecule has 1 saturated carbocycles. The lowest BCUT2D eigenvalue weighted by molar-refractivity contribution is 0.125. The third-order valence-corrected chi connectivity index (χ3v) is 5.59. The van der Waals surface area contributed by atoms with Gasteiger partial charge >= 0.3 is 6.09 Å². The van der Waals surface area contributed by atoms with E-state index in [-0.39, 0.29) is 17.4 Å². The Bertz CT molecular complexity index is 518. The van der Waals surface area contributed by atoms with Gasteiger partial charge in [0.25, 0.3) is 0 Å². The molecule has 2 N–H and O–H groups in total. The fourth-order valence-corrected chi connectivity index (χ4v) is 2.94. The van der Waals surface area contributed by atoms with Gasteiger partial charge in [-0.25, -0.2) is 4.79 Å². The van der Waals surface area contributed by atoms with Crippen LogP contribution < -0.4 is 10.6 Å². The number of benzene rings is 1. The van der Waals surface area contributed by atoms with Crippen LogP contribution in [-0.4, -0.2) is 40.4 Å². The monoisotopic (exact) mass is 338 g/mol. The van der Waals surface area contributed by atoms with Gasteiger partial charge in [0.05, 0.1) is 0 Å². The van der Waals surface area contributed by atoms with Crippen LogP contribution in [0.1, 0.15) is 31.7 Å². The van der Waals surface area contributed by atoms with E-state index in [1.54, 1.807) is 6.26 Å². The molecule has 0 aliphatic heterocycles. The minimum absolute atomic E-state index is 0.188. The Labute approximate surface area is 140 Å². The normalized spacial score (nSPS) is 22.7. The smallest absolute Gasteiger partial charge is 0.407 e. The van der Waals surface area contributed by atoms with Crippen molar-refractivity contribution in [3.05, 3.63) is 35.9 Å². The Hall–Kier alpha value is -1.40. The van der Waals surface area contributed by atoms with Gasteiger partial charge < -0.3 is 15.4 Å². The van der Waals surface area contributed by atoms with Gasteiger partial charge in [0.15, 0.2) is 0 Å². The molecular formula is C17H26N2O3S. The molecule has 1 amide bonds. The average molecular weight is 338 g/mol. The molecule has 2 rings (SSSR count). The molecule has 0 aromatic heterocycles. The first-order valence-electron chi connectivity index (χ1n) is 8.07. The molecule has 0 radical (unpaired) electrons. The Morgan fingerprint density at radius 2 is 2.00 bits per heavy atom. The second-order valence-electron chi connectivity index (χ2n) is 6.12. The number of rotatable bonds is 8. The topological polar surface area (TPSA) is 67.4 Å². The van der Waals surface area contributed by atoms with Crippen molar-refractivity contribution < 1.29 is 13.7 Å². The molecule has 0 bridgehead atoms. The number of hydrogen-bond donors (Lipinski definition) is 2. The van der Waals surface area contributed by atoms with E-state index in [9.17, 15) is 9.00 Å². The lowest BCUT2D eigenvalue weighted by atomic mass is 9.87. The highest BCUT2D eigenvalue weighted by atomic mass is 32.2. The SMILES string of the molecule is CC(CCNC1CC(NC(=O)OCc2ccccc2)C1)S(C)=O. The molecule has 1 fully saturated rings. The summed E-state index contributed by atoms with van der Waals surface area (Å²) in [6.07, 6.45) is 4.15. The van der Waals surface area contributed by atoms with Crippen molar-refractivity contribution in [1.29, 1.82) is 0 Å². The van der Waals surface area contributed by atoms with Crippen molar-refractivity contribution in [3.63, 3.8) is 0 Å². The van der Waals surface area contributed by atoms with Crippen LogP contribution in [0.25, 0.3) is 0 Å². The molecule has 6 heteroatoms. The largest absolute Gasteiger partial charge is 0.445 e. The first-order valence-corrected chi connectivity index (χ1v) is 9.69. The van der Waals surface area contributed by atoms with Crippen LogP contribution in [0, 0.1) is 0 Å². The van der Waals surface area contributed by atoms with Gasteiger partial charge in [0.2, 0.25) is 0 Å².